The predicted molar refractivity (Wildman–Crippen MR) is 76.3 cm³/mol. The van der Waals surface area contributed by atoms with E-state index < -0.39 is 0 Å². The van der Waals surface area contributed by atoms with Crippen LogP contribution in [-0.4, -0.2) is 15.8 Å². The van der Waals surface area contributed by atoms with Crippen LogP contribution in [0.15, 0.2) is 36.8 Å². The molecule has 0 fully saturated rings. The summed E-state index contributed by atoms with van der Waals surface area (Å²) in [6.45, 7) is 6.34. The van der Waals surface area contributed by atoms with E-state index in [2.05, 4.69) is 48.1 Å². The first-order chi connectivity index (χ1) is 9.08. The van der Waals surface area contributed by atoms with Crippen LogP contribution < -0.4 is 0 Å². The zero-order valence-electron chi connectivity index (χ0n) is 11.7. The molecule has 19 heavy (non-hydrogen) atoms. The minimum Gasteiger partial charge on any atom is -0.342 e. The van der Waals surface area contributed by atoms with Gasteiger partial charge in [0.2, 0.25) is 0 Å². The molecule has 0 saturated carbocycles. The van der Waals surface area contributed by atoms with Crippen LogP contribution in [0.4, 0.5) is 0 Å². The van der Waals surface area contributed by atoms with Crippen molar-refractivity contribution in [2.45, 2.75) is 33.1 Å². The molecule has 1 aromatic heterocycles. The van der Waals surface area contributed by atoms with Gasteiger partial charge in [-0.2, -0.15) is 0 Å². The summed E-state index contributed by atoms with van der Waals surface area (Å²) < 4.78 is 0. The van der Waals surface area contributed by atoms with Crippen molar-refractivity contribution in [2.75, 3.05) is 0 Å². The van der Waals surface area contributed by atoms with E-state index in [-0.39, 0.29) is 11.7 Å². The molecule has 100 valence electrons. The third-order valence-corrected chi connectivity index (χ3v) is 3.28. The number of H-pyrrole nitrogens is 1. The van der Waals surface area contributed by atoms with Crippen molar-refractivity contribution >= 4 is 5.78 Å². The number of aromatic amines is 1. The second kappa shape index (κ2) is 5.83. The maximum atomic E-state index is 12.2. The van der Waals surface area contributed by atoms with Crippen LogP contribution in [0.3, 0.4) is 0 Å². The molecule has 0 amide bonds. The molecule has 2 aromatic rings. The van der Waals surface area contributed by atoms with Gasteiger partial charge in [-0.25, -0.2) is 4.98 Å². The van der Waals surface area contributed by atoms with Gasteiger partial charge in [-0.1, -0.05) is 45.0 Å². The molecule has 1 aromatic carbocycles. The first-order valence-corrected chi connectivity index (χ1v) is 6.69. The monoisotopic (exact) mass is 256 g/mol. The van der Waals surface area contributed by atoms with Crippen molar-refractivity contribution in [2.24, 2.45) is 5.92 Å². The average molecular weight is 256 g/mol. The van der Waals surface area contributed by atoms with Gasteiger partial charge in [0.25, 0.3) is 0 Å². The van der Waals surface area contributed by atoms with Crippen LogP contribution in [0.25, 0.3) is 0 Å². The molecule has 1 N–H and O–H groups in total. The van der Waals surface area contributed by atoms with E-state index in [1.54, 1.807) is 6.20 Å². The number of aromatic nitrogens is 2. The number of carbonyl (C=O) groups excluding carboxylic acids is 1. The minimum atomic E-state index is -0.145. The molecular formula is C16H20N2O. The number of hydrogen-bond acceptors (Lipinski definition) is 2. The molecule has 0 aliphatic carbocycles. The zero-order valence-corrected chi connectivity index (χ0v) is 11.7. The summed E-state index contributed by atoms with van der Waals surface area (Å²) >= 11 is 0. The Morgan fingerprint density at radius 2 is 1.89 bits per heavy atom. The third-order valence-electron chi connectivity index (χ3n) is 3.28. The summed E-state index contributed by atoms with van der Waals surface area (Å²) in [4.78, 5) is 19.0. The number of hydrogen-bond donors (Lipinski definition) is 1. The topological polar surface area (TPSA) is 45.8 Å². The summed E-state index contributed by atoms with van der Waals surface area (Å²) in [5.74, 6) is 0.581. The lowest BCUT2D eigenvalue weighted by atomic mass is 9.93. The van der Waals surface area contributed by atoms with Crippen molar-refractivity contribution in [3.8, 4) is 0 Å². The van der Waals surface area contributed by atoms with Gasteiger partial charge in [0.1, 0.15) is 5.69 Å². The summed E-state index contributed by atoms with van der Waals surface area (Å²) in [7, 11) is 0. The highest BCUT2D eigenvalue weighted by Crippen LogP contribution is 2.20. The molecule has 0 aliphatic heterocycles. The van der Waals surface area contributed by atoms with Crippen molar-refractivity contribution < 1.29 is 4.79 Å². The molecule has 0 radical (unpaired) electrons. The Morgan fingerprint density at radius 3 is 2.42 bits per heavy atom. The largest absolute Gasteiger partial charge is 0.342 e. The number of nitrogens with zero attached hydrogens (tertiary/aromatic N) is 1. The lowest BCUT2D eigenvalue weighted by Crippen LogP contribution is -2.10. The van der Waals surface area contributed by atoms with Gasteiger partial charge in [-0.05, 0) is 23.5 Å². The number of ketones is 1. The summed E-state index contributed by atoms with van der Waals surface area (Å²) in [6, 6.07) is 8.34. The van der Waals surface area contributed by atoms with Crippen LogP contribution in [0, 0.1) is 5.92 Å². The Hall–Kier alpha value is -1.90. The molecule has 0 saturated heterocycles. The van der Waals surface area contributed by atoms with Gasteiger partial charge in [0.05, 0.1) is 12.5 Å². The Kier molecular flexibility index (Phi) is 4.15. The molecule has 3 nitrogen and oxygen atoms in total. The lowest BCUT2D eigenvalue weighted by molar-refractivity contribution is 0.0961. The number of rotatable bonds is 5. The van der Waals surface area contributed by atoms with Crippen molar-refractivity contribution in [1.82, 2.24) is 9.97 Å². The number of Topliss-reactive ketones (excluding diaryl/α,β-unsaturated/α-hetero) is 1. The van der Waals surface area contributed by atoms with E-state index in [9.17, 15) is 4.79 Å². The molecule has 1 atom stereocenters. The third kappa shape index (κ3) is 3.31. The SMILES string of the molecule is CC(C)Cc1ccc([C@@H](C)C(=O)c2cnc[nH]2)cc1. The first-order valence-electron chi connectivity index (χ1n) is 6.69. The molecule has 3 heteroatoms. The Bertz CT molecular complexity index is 526. The molecule has 0 spiro atoms. The molecule has 2 rings (SSSR count). The molecular weight excluding hydrogens is 236 g/mol. The maximum absolute atomic E-state index is 12.2. The van der Waals surface area contributed by atoms with Gasteiger partial charge >= 0.3 is 0 Å². The normalized spacial score (nSPS) is 12.6. The van der Waals surface area contributed by atoms with Crippen molar-refractivity contribution in [3.63, 3.8) is 0 Å². The summed E-state index contributed by atoms with van der Waals surface area (Å²) in [6.07, 6.45) is 4.18. The quantitative estimate of drug-likeness (QED) is 0.831. The highest BCUT2D eigenvalue weighted by atomic mass is 16.1. The van der Waals surface area contributed by atoms with E-state index in [4.69, 9.17) is 0 Å². The van der Waals surface area contributed by atoms with Crippen molar-refractivity contribution in [3.05, 3.63) is 53.6 Å². The van der Waals surface area contributed by atoms with Crippen LogP contribution >= 0.6 is 0 Å². The first kappa shape index (κ1) is 13.5. The second-order valence-corrected chi connectivity index (χ2v) is 5.39. The van der Waals surface area contributed by atoms with E-state index in [1.165, 1.54) is 11.9 Å². The molecule has 1 heterocycles. The van der Waals surface area contributed by atoms with E-state index in [0.717, 1.165) is 12.0 Å². The fraction of sp³-hybridized carbons (Fsp3) is 0.375. The summed E-state index contributed by atoms with van der Waals surface area (Å²) in [5.41, 5.74) is 2.94. The van der Waals surface area contributed by atoms with Gasteiger partial charge in [0.15, 0.2) is 5.78 Å². The van der Waals surface area contributed by atoms with Gasteiger partial charge in [-0.15, -0.1) is 0 Å². The summed E-state index contributed by atoms with van der Waals surface area (Å²) in [5, 5.41) is 0. The standard InChI is InChI=1S/C16H20N2O/c1-11(2)8-13-4-6-14(7-5-13)12(3)16(19)15-9-17-10-18-15/h4-7,9-12H,8H2,1-3H3,(H,17,18)/t12-/m1/s1. The van der Waals surface area contributed by atoms with E-state index >= 15 is 0 Å². The van der Waals surface area contributed by atoms with E-state index in [0.29, 0.717) is 11.6 Å². The number of imidazole rings is 1. The fourth-order valence-corrected chi connectivity index (χ4v) is 2.19. The molecule has 0 aliphatic rings. The fourth-order valence-electron chi connectivity index (χ4n) is 2.19. The lowest BCUT2D eigenvalue weighted by Gasteiger charge is -2.11. The number of nitrogens with one attached hydrogen (secondary N) is 1. The number of carbonyl (C=O) groups is 1. The van der Waals surface area contributed by atoms with Gasteiger partial charge in [0, 0.05) is 5.92 Å². The Morgan fingerprint density at radius 1 is 1.21 bits per heavy atom. The maximum Gasteiger partial charge on any atom is 0.187 e. The van der Waals surface area contributed by atoms with Crippen molar-refractivity contribution in [1.29, 1.82) is 0 Å². The highest BCUT2D eigenvalue weighted by Gasteiger charge is 2.18. The van der Waals surface area contributed by atoms with E-state index in [1.807, 2.05) is 6.92 Å². The molecule has 0 bridgehead atoms. The minimum absolute atomic E-state index is 0.0779. The smallest absolute Gasteiger partial charge is 0.187 e. The van der Waals surface area contributed by atoms with Crippen LogP contribution in [0.2, 0.25) is 0 Å². The van der Waals surface area contributed by atoms with Gasteiger partial charge in [-0.3, -0.25) is 4.79 Å². The Balaban J connectivity index is 2.11. The van der Waals surface area contributed by atoms with Crippen LogP contribution in [0.1, 0.15) is 48.3 Å². The number of benzene rings is 1. The predicted octanol–water partition coefficient (Wildman–Crippen LogP) is 3.59. The zero-order chi connectivity index (χ0) is 13.8. The van der Waals surface area contributed by atoms with Crippen LogP contribution in [-0.2, 0) is 6.42 Å². The average Bonchev–Trinajstić information content (AvgIpc) is 2.91. The van der Waals surface area contributed by atoms with Gasteiger partial charge < -0.3 is 4.98 Å². The van der Waals surface area contributed by atoms with Crippen LogP contribution in [0.5, 0.6) is 0 Å². The Labute approximate surface area is 114 Å². The molecule has 0 unspecified atom stereocenters. The highest BCUT2D eigenvalue weighted by molar-refractivity contribution is 5.98. The second-order valence-electron chi connectivity index (χ2n) is 5.39.